The predicted octanol–water partition coefficient (Wildman–Crippen LogP) is 4.98. The molecule has 0 atom stereocenters. The van der Waals surface area contributed by atoms with Crippen molar-refractivity contribution in [1.82, 2.24) is 15.0 Å². The molecular weight excluding hydrogens is 388 g/mol. The number of nitrogen functional groups attached to an aromatic ring is 1. The minimum Gasteiger partial charge on any atom is -0.406 e. The minimum atomic E-state index is -4.89. The van der Waals surface area contributed by atoms with E-state index in [-0.39, 0.29) is 17.1 Å². The summed E-state index contributed by atoms with van der Waals surface area (Å²) in [6.07, 6.45) is -2.12. The smallest absolute Gasteiger partial charge is 0.406 e. The number of nitrogens with zero attached hydrogens (tertiary/aromatic N) is 3. The van der Waals surface area contributed by atoms with Crippen LogP contribution in [0.1, 0.15) is 0 Å². The van der Waals surface area contributed by atoms with Gasteiger partial charge in [-0.05, 0) is 42.0 Å². The summed E-state index contributed by atoms with van der Waals surface area (Å²) in [5, 5.41) is 0.592. The lowest BCUT2D eigenvalue weighted by atomic mass is 9.97. The fraction of sp³-hybridized carbons (Fsp3) is 0.0500. The lowest BCUT2D eigenvalue weighted by molar-refractivity contribution is -0.274. The number of alkyl halides is 3. The summed E-state index contributed by atoms with van der Waals surface area (Å²) in [6, 6.07) is 11.3. The van der Waals surface area contributed by atoms with E-state index in [1.165, 1.54) is 12.5 Å². The van der Waals surface area contributed by atoms with E-state index in [2.05, 4.69) is 19.7 Å². The van der Waals surface area contributed by atoms with Gasteiger partial charge in [0.05, 0.1) is 11.2 Å². The highest BCUT2D eigenvalue weighted by molar-refractivity contribution is 5.93. The van der Waals surface area contributed by atoms with Gasteiger partial charge in [0, 0.05) is 22.7 Å². The summed E-state index contributed by atoms with van der Waals surface area (Å²) >= 11 is 0. The molecule has 0 radical (unpaired) electrons. The number of pyridine rings is 1. The first kappa shape index (κ1) is 18.6. The van der Waals surface area contributed by atoms with Crippen molar-refractivity contribution in [3.63, 3.8) is 0 Å². The fourth-order valence-corrected chi connectivity index (χ4v) is 2.98. The summed E-state index contributed by atoms with van der Waals surface area (Å²) in [6.45, 7) is 0. The molecule has 0 aliphatic carbocycles. The van der Waals surface area contributed by atoms with E-state index in [1.807, 2.05) is 0 Å². The molecule has 2 aromatic carbocycles. The molecule has 9 heteroatoms. The average molecular weight is 400 g/mol. The molecule has 4 aromatic rings. The van der Waals surface area contributed by atoms with Crippen molar-refractivity contribution in [3.8, 4) is 28.1 Å². The number of aromatic nitrogens is 3. The van der Waals surface area contributed by atoms with Crippen LogP contribution < -0.4 is 10.5 Å². The number of benzene rings is 2. The van der Waals surface area contributed by atoms with E-state index >= 15 is 0 Å². The van der Waals surface area contributed by atoms with E-state index in [4.69, 9.17) is 5.73 Å². The lowest BCUT2D eigenvalue weighted by Crippen LogP contribution is -2.17. The van der Waals surface area contributed by atoms with Crippen molar-refractivity contribution in [2.45, 2.75) is 6.36 Å². The zero-order valence-corrected chi connectivity index (χ0v) is 14.6. The van der Waals surface area contributed by atoms with Crippen LogP contribution in [0.3, 0.4) is 0 Å². The zero-order valence-electron chi connectivity index (χ0n) is 14.6. The Labute approximate surface area is 161 Å². The number of rotatable bonds is 3. The molecule has 2 heterocycles. The molecular formula is C20H12F4N4O. The third kappa shape index (κ3) is 3.79. The van der Waals surface area contributed by atoms with Crippen molar-refractivity contribution in [1.29, 1.82) is 0 Å². The second kappa shape index (κ2) is 7.01. The summed E-state index contributed by atoms with van der Waals surface area (Å²) < 4.78 is 56.0. The first-order valence-electron chi connectivity index (χ1n) is 8.33. The van der Waals surface area contributed by atoms with Gasteiger partial charge in [0.2, 0.25) is 0 Å². The van der Waals surface area contributed by atoms with Crippen LogP contribution in [0.25, 0.3) is 33.3 Å². The molecule has 0 aliphatic rings. The van der Waals surface area contributed by atoms with E-state index < -0.39 is 17.9 Å². The van der Waals surface area contributed by atoms with E-state index in [0.29, 0.717) is 22.0 Å². The SMILES string of the molecule is Nc1ncnc2ccc(-c3cccnc3-c3cc(OC(F)(F)F)ccc3F)cc12. The van der Waals surface area contributed by atoms with Gasteiger partial charge in [0.25, 0.3) is 0 Å². The molecule has 2 aromatic heterocycles. The molecule has 0 unspecified atom stereocenters. The molecule has 29 heavy (non-hydrogen) atoms. The number of fused-ring (bicyclic) bond motifs is 1. The Balaban J connectivity index is 1.87. The summed E-state index contributed by atoms with van der Waals surface area (Å²) in [5.74, 6) is -1.00. The predicted molar refractivity (Wildman–Crippen MR) is 99.3 cm³/mol. The lowest BCUT2D eigenvalue weighted by Gasteiger charge is -2.13. The van der Waals surface area contributed by atoms with Crippen LogP contribution >= 0.6 is 0 Å². The zero-order chi connectivity index (χ0) is 20.6. The molecule has 4 rings (SSSR count). The summed E-state index contributed by atoms with van der Waals surface area (Å²) in [4.78, 5) is 12.3. The van der Waals surface area contributed by atoms with Crippen molar-refractivity contribution in [2.24, 2.45) is 0 Å². The molecule has 5 nitrogen and oxygen atoms in total. The quantitative estimate of drug-likeness (QED) is 0.491. The third-order valence-corrected chi connectivity index (χ3v) is 4.21. The summed E-state index contributed by atoms with van der Waals surface area (Å²) in [5.41, 5.74) is 7.69. The van der Waals surface area contributed by atoms with Crippen molar-refractivity contribution < 1.29 is 22.3 Å². The van der Waals surface area contributed by atoms with Crippen LogP contribution in [0.4, 0.5) is 23.4 Å². The van der Waals surface area contributed by atoms with E-state index in [0.717, 1.165) is 18.2 Å². The summed E-state index contributed by atoms with van der Waals surface area (Å²) in [7, 11) is 0. The van der Waals surface area contributed by atoms with Crippen molar-refractivity contribution >= 4 is 16.7 Å². The average Bonchev–Trinajstić information content (AvgIpc) is 2.69. The maximum Gasteiger partial charge on any atom is 0.573 e. The Morgan fingerprint density at radius 3 is 2.52 bits per heavy atom. The molecule has 0 fully saturated rings. The molecule has 0 saturated heterocycles. The Hall–Kier alpha value is -3.75. The molecule has 0 spiro atoms. The van der Waals surface area contributed by atoms with Gasteiger partial charge in [-0.3, -0.25) is 4.98 Å². The van der Waals surface area contributed by atoms with Gasteiger partial charge in [-0.1, -0.05) is 12.1 Å². The largest absolute Gasteiger partial charge is 0.573 e. The highest BCUT2D eigenvalue weighted by atomic mass is 19.4. The van der Waals surface area contributed by atoms with Crippen LogP contribution in [-0.4, -0.2) is 21.3 Å². The maximum atomic E-state index is 14.5. The normalized spacial score (nSPS) is 11.6. The number of hydrogen-bond donors (Lipinski definition) is 1. The Morgan fingerprint density at radius 1 is 0.897 bits per heavy atom. The van der Waals surface area contributed by atoms with E-state index in [9.17, 15) is 17.6 Å². The topological polar surface area (TPSA) is 73.9 Å². The first-order valence-corrected chi connectivity index (χ1v) is 8.33. The van der Waals surface area contributed by atoms with Gasteiger partial charge in [-0.15, -0.1) is 13.2 Å². The third-order valence-electron chi connectivity index (χ3n) is 4.21. The van der Waals surface area contributed by atoms with Gasteiger partial charge in [0.15, 0.2) is 0 Å². The highest BCUT2D eigenvalue weighted by Crippen LogP contribution is 2.36. The second-order valence-corrected chi connectivity index (χ2v) is 6.08. The number of ether oxygens (including phenoxy) is 1. The van der Waals surface area contributed by atoms with Gasteiger partial charge in [0.1, 0.15) is 23.7 Å². The van der Waals surface area contributed by atoms with Gasteiger partial charge in [-0.25, -0.2) is 14.4 Å². The molecule has 2 N–H and O–H groups in total. The maximum absolute atomic E-state index is 14.5. The van der Waals surface area contributed by atoms with Crippen LogP contribution in [0.2, 0.25) is 0 Å². The van der Waals surface area contributed by atoms with Gasteiger partial charge in [-0.2, -0.15) is 0 Å². The molecule has 0 bridgehead atoms. The fourth-order valence-electron chi connectivity index (χ4n) is 2.98. The van der Waals surface area contributed by atoms with Crippen molar-refractivity contribution in [2.75, 3.05) is 5.73 Å². The first-order chi connectivity index (χ1) is 13.8. The molecule has 0 saturated carbocycles. The number of nitrogens with two attached hydrogens (primary N) is 1. The highest BCUT2D eigenvalue weighted by Gasteiger charge is 2.31. The number of halogens is 4. The second-order valence-electron chi connectivity index (χ2n) is 6.08. The van der Waals surface area contributed by atoms with Crippen LogP contribution in [-0.2, 0) is 0 Å². The van der Waals surface area contributed by atoms with Crippen molar-refractivity contribution in [3.05, 3.63) is 66.9 Å². The minimum absolute atomic E-state index is 0.125. The Bertz CT molecular complexity index is 1210. The molecule has 0 amide bonds. The van der Waals surface area contributed by atoms with Gasteiger partial charge < -0.3 is 10.5 Å². The Morgan fingerprint density at radius 2 is 1.72 bits per heavy atom. The van der Waals surface area contributed by atoms with Gasteiger partial charge >= 0.3 is 6.36 Å². The Kier molecular flexibility index (Phi) is 4.50. The standard InChI is InChI=1S/C20H12F4N4O/c21-16-5-4-12(29-20(22,23)24)9-14(16)18-13(2-1-7-26-18)11-3-6-17-15(8-11)19(25)28-10-27-17/h1-10H,(H2,25,27,28). The number of hydrogen-bond acceptors (Lipinski definition) is 5. The number of anilines is 1. The van der Waals surface area contributed by atoms with Crippen LogP contribution in [0.15, 0.2) is 61.1 Å². The monoisotopic (exact) mass is 400 g/mol. The van der Waals surface area contributed by atoms with Crippen LogP contribution in [0.5, 0.6) is 5.75 Å². The molecule has 0 aliphatic heterocycles. The molecule has 146 valence electrons. The van der Waals surface area contributed by atoms with Crippen LogP contribution in [0, 0.1) is 5.82 Å². The van der Waals surface area contributed by atoms with E-state index in [1.54, 1.807) is 30.3 Å².